The fourth-order valence-corrected chi connectivity index (χ4v) is 1.97. The number of H-pyrrole nitrogens is 1. The van der Waals surface area contributed by atoms with E-state index in [1.165, 1.54) is 14.0 Å². The van der Waals surface area contributed by atoms with Crippen LogP contribution in [0, 0.1) is 12.7 Å². The molecule has 1 aliphatic heterocycles. The molecule has 20 heavy (non-hydrogen) atoms. The lowest BCUT2D eigenvalue weighted by molar-refractivity contribution is 0.171. The lowest BCUT2D eigenvalue weighted by Gasteiger charge is -2.08. The number of rotatable bonds is 2. The van der Waals surface area contributed by atoms with Gasteiger partial charge in [-0.15, -0.1) is 0 Å². The van der Waals surface area contributed by atoms with Crippen molar-refractivity contribution >= 4 is 0 Å². The van der Waals surface area contributed by atoms with Crippen molar-refractivity contribution < 1.29 is 18.6 Å². The second-order valence-electron chi connectivity index (χ2n) is 4.23. The predicted molar refractivity (Wildman–Crippen MR) is 67.7 cm³/mol. The van der Waals surface area contributed by atoms with Crippen LogP contribution < -0.4 is 19.8 Å². The molecule has 3 rings (SSSR count). The highest BCUT2D eigenvalue weighted by Crippen LogP contribution is 2.43. The van der Waals surface area contributed by atoms with E-state index in [1.807, 2.05) is 0 Å². The molecule has 0 amide bonds. The Labute approximate surface area is 113 Å². The molecule has 0 unspecified atom stereocenters. The topological polar surface area (TPSA) is 73.4 Å². The van der Waals surface area contributed by atoms with E-state index >= 15 is 0 Å². The third-order valence-corrected chi connectivity index (χ3v) is 2.96. The molecule has 0 atom stereocenters. The van der Waals surface area contributed by atoms with Gasteiger partial charge >= 0.3 is 0 Å². The SMILES string of the molecule is COc1cc(-c2nc(C)c(F)c(=O)[nH]2)cc2c1OCO2. The minimum Gasteiger partial charge on any atom is -0.493 e. The zero-order valence-electron chi connectivity index (χ0n) is 10.8. The Balaban J connectivity index is 2.18. The van der Waals surface area contributed by atoms with Gasteiger partial charge in [-0.25, -0.2) is 4.98 Å². The number of nitrogens with zero attached hydrogens (tertiary/aromatic N) is 1. The summed E-state index contributed by atoms with van der Waals surface area (Å²) in [6.45, 7) is 1.53. The van der Waals surface area contributed by atoms with E-state index in [0.717, 1.165) is 0 Å². The van der Waals surface area contributed by atoms with Crippen molar-refractivity contribution in [3.05, 3.63) is 34.0 Å². The molecule has 1 aliphatic rings. The van der Waals surface area contributed by atoms with Crippen LogP contribution in [0.15, 0.2) is 16.9 Å². The molecule has 1 N–H and O–H groups in total. The lowest BCUT2D eigenvalue weighted by atomic mass is 10.1. The van der Waals surface area contributed by atoms with Crippen molar-refractivity contribution in [2.45, 2.75) is 6.92 Å². The predicted octanol–water partition coefficient (Wildman–Crippen LogP) is 1.62. The molecule has 0 radical (unpaired) electrons. The van der Waals surface area contributed by atoms with Gasteiger partial charge < -0.3 is 19.2 Å². The smallest absolute Gasteiger partial charge is 0.287 e. The summed E-state index contributed by atoms with van der Waals surface area (Å²) in [6.07, 6.45) is 0. The van der Waals surface area contributed by atoms with Crippen LogP contribution in [0.5, 0.6) is 17.2 Å². The number of aromatic amines is 1. The van der Waals surface area contributed by atoms with Crippen LogP contribution in [0.1, 0.15) is 5.69 Å². The maximum atomic E-state index is 13.3. The number of aromatic nitrogens is 2. The van der Waals surface area contributed by atoms with Gasteiger partial charge in [0.25, 0.3) is 5.56 Å². The first kappa shape index (κ1) is 12.5. The summed E-state index contributed by atoms with van der Waals surface area (Å²) in [4.78, 5) is 17.9. The Morgan fingerprint density at radius 2 is 2.20 bits per heavy atom. The minimum atomic E-state index is -0.888. The lowest BCUT2D eigenvalue weighted by Crippen LogP contribution is -2.15. The Kier molecular flexibility index (Phi) is 2.81. The summed E-state index contributed by atoms with van der Waals surface area (Å²) in [7, 11) is 1.49. The van der Waals surface area contributed by atoms with Gasteiger partial charge in [0.2, 0.25) is 18.4 Å². The van der Waals surface area contributed by atoms with Crippen molar-refractivity contribution in [1.82, 2.24) is 9.97 Å². The summed E-state index contributed by atoms with van der Waals surface area (Å²) in [5, 5.41) is 0. The van der Waals surface area contributed by atoms with Crippen LogP contribution in [0.3, 0.4) is 0 Å². The van der Waals surface area contributed by atoms with Crippen LogP contribution in [-0.2, 0) is 0 Å². The zero-order chi connectivity index (χ0) is 14.3. The van der Waals surface area contributed by atoms with Gasteiger partial charge in [0.15, 0.2) is 11.5 Å². The fraction of sp³-hybridized carbons (Fsp3) is 0.231. The molecule has 104 valence electrons. The van der Waals surface area contributed by atoms with Crippen LogP contribution in [-0.4, -0.2) is 23.9 Å². The molecule has 0 saturated heterocycles. The maximum Gasteiger partial charge on any atom is 0.287 e. The quantitative estimate of drug-likeness (QED) is 0.903. The number of methoxy groups -OCH3 is 1. The number of nitrogens with one attached hydrogen (secondary N) is 1. The van der Waals surface area contributed by atoms with Gasteiger partial charge in [0.05, 0.1) is 12.8 Å². The average Bonchev–Trinajstić information content (AvgIpc) is 2.91. The van der Waals surface area contributed by atoms with E-state index in [0.29, 0.717) is 22.8 Å². The fourth-order valence-electron chi connectivity index (χ4n) is 1.97. The van der Waals surface area contributed by atoms with E-state index < -0.39 is 11.4 Å². The van der Waals surface area contributed by atoms with E-state index in [2.05, 4.69) is 9.97 Å². The summed E-state index contributed by atoms with van der Waals surface area (Å²) in [6, 6.07) is 3.30. The van der Waals surface area contributed by atoms with Crippen molar-refractivity contribution in [2.75, 3.05) is 13.9 Å². The Morgan fingerprint density at radius 1 is 1.40 bits per heavy atom. The number of ether oxygens (including phenoxy) is 3. The van der Waals surface area contributed by atoms with Gasteiger partial charge in [-0.1, -0.05) is 0 Å². The first-order chi connectivity index (χ1) is 9.60. The summed E-state index contributed by atoms with van der Waals surface area (Å²) >= 11 is 0. The second kappa shape index (κ2) is 4.52. The van der Waals surface area contributed by atoms with Crippen molar-refractivity contribution in [1.29, 1.82) is 0 Å². The largest absolute Gasteiger partial charge is 0.493 e. The molecule has 0 saturated carbocycles. The first-order valence-corrected chi connectivity index (χ1v) is 5.84. The summed E-state index contributed by atoms with van der Waals surface area (Å²) < 4.78 is 29.1. The summed E-state index contributed by atoms with van der Waals surface area (Å²) in [5.41, 5.74) is -0.240. The molecule has 2 heterocycles. The van der Waals surface area contributed by atoms with E-state index in [4.69, 9.17) is 14.2 Å². The van der Waals surface area contributed by atoms with Crippen LogP contribution in [0.2, 0.25) is 0 Å². The molecule has 7 heteroatoms. The number of halogens is 1. The summed E-state index contributed by atoms with van der Waals surface area (Å²) in [5.74, 6) is 0.799. The standard InChI is InChI=1S/C13H11FN2O4/c1-6-10(14)13(17)16-12(15-6)7-3-8(18-2)11-9(4-7)19-5-20-11/h3-4H,5H2,1-2H3,(H,15,16,17). The molecule has 1 aromatic carbocycles. The van der Waals surface area contributed by atoms with Crippen LogP contribution in [0.25, 0.3) is 11.4 Å². The normalized spacial score (nSPS) is 12.6. The minimum absolute atomic E-state index is 0.0281. The van der Waals surface area contributed by atoms with Crippen molar-refractivity contribution in [3.63, 3.8) is 0 Å². The zero-order valence-corrected chi connectivity index (χ0v) is 10.8. The molecule has 2 aromatic rings. The molecule has 0 fully saturated rings. The van der Waals surface area contributed by atoms with E-state index in [-0.39, 0.29) is 18.3 Å². The van der Waals surface area contributed by atoms with Crippen molar-refractivity contribution in [3.8, 4) is 28.6 Å². The van der Waals surface area contributed by atoms with E-state index in [1.54, 1.807) is 12.1 Å². The molecule has 1 aromatic heterocycles. The maximum absolute atomic E-state index is 13.3. The molecular weight excluding hydrogens is 267 g/mol. The number of benzene rings is 1. The van der Waals surface area contributed by atoms with Gasteiger partial charge in [-0.2, -0.15) is 4.39 Å². The number of fused-ring (bicyclic) bond motifs is 1. The van der Waals surface area contributed by atoms with Crippen LogP contribution in [0.4, 0.5) is 4.39 Å². The third-order valence-electron chi connectivity index (χ3n) is 2.96. The Bertz CT molecular complexity index is 742. The highest BCUT2D eigenvalue weighted by Gasteiger charge is 2.21. The molecule has 0 aliphatic carbocycles. The van der Waals surface area contributed by atoms with Gasteiger partial charge in [-0.3, -0.25) is 4.79 Å². The van der Waals surface area contributed by atoms with Gasteiger partial charge in [0, 0.05) is 5.56 Å². The number of hydrogen-bond acceptors (Lipinski definition) is 5. The molecule has 0 bridgehead atoms. The van der Waals surface area contributed by atoms with Gasteiger partial charge in [-0.05, 0) is 19.1 Å². The average molecular weight is 278 g/mol. The van der Waals surface area contributed by atoms with Crippen molar-refractivity contribution in [2.24, 2.45) is 0 Å². The van der Waals surface area contributed by atoms with E-state index in [9.17, 15) is 9.18 Å². The molecule has 6 nitrogen and oxygen atoms in total. The first-order valence-electron chi connectivity index (χ1n) is 5.84. The Morgan fingerprint density at radius 3 is 2.90 bits per heavy atom. The number of hydrogen-bond donors (Lipinski definition) is 1. The highest BCUT2D eigenvalue weighted by molar-refractivity contribution is 5.67. The highest BCUT2D eigenvalue weighted by atomic mass is 19.1. The Hall–Kier alpha value is -2.57. The molecular formula is C13H11FN2O4. The number of aryl methyl sites for hydroxylation is 1. The third kappa shape index (κ3) is 1.87. The monoisotopic (exact) mass is 278 g/mol. The van der Waals surface area contributed by atoms with Gasteiger partial charge in [0.1, 0.15) is 5.82 Å². The second-order valence-corrected chi connectivity index (χ2v) is 4.23. The molecule has 0 spiro atoms. The van der Waals surface area contributed by atoms with Crippen LogP contribution >= 0.6 is 0 Å².